The SMILES string of the molecule is CC(O)C(C)OC(C(=O)O)c1cc(Br)c(Cl)s1. The van der Waals surface area contributed by atoms with E-state index >= 15 is 0 Å². The second-order valence-electron chi connectivity index (χ2n) is 3.57. The zero-order valence-electron chi connectivity index (χ0n) is 9.18. The highest BCUT2D eigenvalue weighted by Gasteiger charge is 2.27. The van der Waals surface area contributed by atoms with Crippen LogP contribution in [0.4, 0.5) is 0 Å². The van der Waals surface area contributed by atoms with E-state index in [1.165, 1.54) is 0 Å². The number of halogens is 2. The van der Waals surface area contributed by atoms with Crippen LogP contribution in [0.25, 0.3) is 0 Å². The van der Waals surface area contributed by atoms with Gasteiger partial charge in [-0.05, 0) is 35.8 Å². The van der Waals surface area contributed by atoms with Gasteiger partial charge in [0.1, 0.15) is 4.34 Å². The summed E-state index contributed by atoms with van der Waals surface area (Å²) in [6, 6.07) is 1.61. The number of aliphatic carboxylic acids is 1. The Bertz CT molecular complexity index is 388. The fourth-order valence-corrected chi connectivity index (χ4v) is 2.83. The number of hydrogen-bond donors (Lipinski definition) is 2. The summed E-state index contributed by atoms with van der Waals surface area (Å²) in [5.74, 6) is -1.11. The van der Waals surface area contributed by atoms with Crippen molar-refractivity contribution in [2.75, 3.05) is 0 Å². The number of carboxylic acid groups (broad SMARTS) is 1. The molecule has 0 amide bonds. The highest BCUT2D eigenvalue weighted by Crippen LogP contribution is 2.37. The molecule has 1 aromatic heterocycles. The van der Waals surface area contributed by atoms with Crippen LogP contribution in [-0.2, 0) is 9.53 Å². The lowest BCUT2D eigenvalue weighted by molar-refractivity contribution is -0.158. The van der Waals surface area contributed by atoms with E-state index < -0.39 is 24.3 Å². The first-order chi connectivity index (χ1) is 7.82. The summed E-state index contributed by atoms with van der Waals surface area (Å²) in [7, 11) is 0. The topological polar surface area (TPSA) is 66.8 Å². The fraction of sp³-hybridized carbons (Fsp3) is 0.500. The lowest BCUT2D eigenvalue weighted by Gasteiger charge is -2.20. The van der Waals surface area contributed by atoms with Crippen LogP contribution >= 0.6 is 38.9 Å². The average Bonchev–Trinajstić information content (AvgIpc) is 2.54. The van der Waals surface area contributed by atoms with Crippen molar-refractivity contribution in [1.82, 2.24) is 0 Å². The van der Waals surface area contributed by atoms with Crippen LogP contribution in [0.3, 0.4) is 0 Å². The van der Waals surface area contributed by atoms with Gasteiger partial charge in [0.15, 0.2) is 6.10 Å². The quantitative estimate of drug-likeness (QED) is 0.862. The van der Waals surface area contributed by atoms with Crippen LogP contribution in [0.5, 0.6) is 0 Å². The lowest BCUT2D eigenvalue weighted by Crippen LogP contribution is -2.27. The van der Waals surface area contributed by atoms with Crippen molar-refractivity contribution in [3.8, 4) is 0 Å². The van der Waals surface area contributed by atoms with Crippen molar-refractivity contribution >= 4 is 44.8 Å². The second kappa shape index (κ2) is 6.15. The molecule has 3 atom stereocenters. The summed E-state index contributed by atoms with van der Waals surface area (Å²) >= 11 is 10.2. The minimum absolute atomic E-state index is 0.472. The Morgan fingerprint density at radius 1 is 1.59 bits per heavy atom. The van der Waals surface area contributed by atoms with E-state index in [9.17, 15) is 9.90 Å². The van der Waals surface area contributed by atoms with E-state index in [-0.39, 0.29) is 0 Å². The molecule has 0 bridgehead atoms. The molecule has 0 aliphatic carbocycles. The van der Waals surface area contributed by atoms with Crippen molar-refractivity contribution in [1.29, 1.82) is 0 Å². The van der Waals surface area contributed by atoms with Gasteiger partial charge in [0, 0.05) is 9.35 Å². The summed E-state index contributed by atoms with van der Waals surface area (Å²) in [5, 5.41) is 18.4. The summed E-state index contributed by atoms with van der Waals surface area (Å²) < 4.78 is 6.42. The first-order valence-electron chi connectivity index (χ1n) is 4.84. The lowest BCUT2D eigenvalue weighted by atomic mass is 10.2. The van der Waals surface area contributed by atoms with Gasteiger partial charge in [0.2, 0.25) is 0 Å². The third-order valence-electron chi connectivity index (χ3n) is 2.18. The highest BCUT2D eigenvalue weighted by atomic mass is 79.9. The van der Waals surface area contributed by atoms with Gasteiger partial charge in [0.25, 0.3) is 0 Å². The number of thiophene rings is 1. The summed E-state index contributed by atoms with van der Waals surface area (Å²) in [6.45, 7) is 3.16. The molecule has 1 rings (SSSR count). The third-order valence-corrected chi connectivity index (χ3v) is 4.69. The molecule has 96 valence electrons. The van der Waals surface area contributed by atoms with Crippen molar-refractivity contribution in [2.24, 2.45) is 0 Å². The van der Waals surface area contributed by atoms with Gasteiger partial charge in [-0.15, -0.1) is 11.3 Å². The second-order valence-corrected chi connectivity index (χ2v) is 6.11. The summed E-state index contributed by atoms with van der Waals surface area (Å²) in [6.07, 6.45) is -2.43. The minimum atomic E-state index is -1.12. The first kappa shape index (κ1) is 14.9. The number of hydrogen-bond acceptors (Lipinski definition) is 4. The number of carbonyl (C=O) groups is 1. The Labute approximate surface area is 116 Å². The number of aliphatic hydroxyl groups excluding tert-OH is 1. The molecule has 0 saturated carbocycles. The summed E-state index contributed by atoms with van der Waals surface area (Å²) in [5.41, 5.74) is 0. The van der Waals surface area contributed by atoms with Crippen LogP contribution in [0.2, 0.25) is 4.34 Å². The Kier molecular flexibility index (Phi) is 5.40. The number of aliphatic hydroxyl groups is 1. The van der Waals surface area contributed by atoms with Gasteiger partial charge in [-0.25, -0.2) is 4.79 Å². The van der Waals surface area contributed by atoms with Gasteiger partial charge in [-0.2, -0.15) is 0 Å². The van der Waals surface area contributed by atoms with Crippen LogP contribution in [0, 0.1) is 0 Å². The van der Waals surface area contributed by atoms with Crippen LogP contribution in [0.15, 0.2) is 10.5 Å². The Hall–Kier alpha value is -0.140. The van der Waals surface area contributed by atoms with E-state index in [1.54, 1.807) is 19.9 Å². The smallest absolute Gasteiger partial charge is 0.338 e. The zero-order chi connectivity index (χ0) is 13.2. The molecule has 4 nitrogen and oxygen atoms in total. The van der Waals surface area contributed by atoms with E-state index in [1.807, 2.05) is 0 Å². The molecule has 2 N–H and O–H groups in total. The fourth-order valence-electron chi connectivity index (χ4n) is 1.07. The molecule has 0 radical (unpaired) electrons. The van der Waals surface area contributed by atoms with Gasteiger partial charge < -0.3 is 14.9 Å². The molecule has 0 fully saturated rings. The van der Waals surface area contributed by atoms with Crippen molar-refractivity contribution in [2.45, 2.75) is 32.2 Å². The first-order valence-corrected chi connectivity index (χ1v) is 6.82. The minimum Gasteiger partial charge on any atom is -0.479 e. The van der Waals surface area contributed by atoms with Crippen LogP contribution in [0.1, 0.15) is 24.8 Å². The molecule has 0 aromatic carbocycles. The van der Waals surface area contributed by atoms with Crippen molar-refractivity contribution in [3.05, 3.63) is 19.8 Å². The van der Waals surface area contributed by atoms with Gasteiger partial charge in [-0.1, -0.05) is 11.6 Å². The predicted molar refractivity (Wildman–Crippen MR) is 69.6 cm³/mol. The maximum atomic E-state index is 11.1. The predicted octanol–water partition coefficient (Wildman–Crippen LogP) is 3.08. The number of carboxylic acids is 1. The molecule has 0 aliphatic rings. The van der Waals surface area contributed by atoms with Crippen molar-refractivity contribution < 1.29 is 19.7 Å². The molecule has 0 aliphatic heterocycles. The average molecular weight is 344 g/mol. The molecule has 1 aromatic rings. The Morgan fingerprint density at radius 3 is 2.53 bits per heavy atom. The molecular formula is C10H12BrClO4S. The molecule has 0 spiro atoms. The van der Waals surface area contributed by atoms with E-state index in [2.05, 4.69) is 15.9 Å². The van der Waals surface area contributed by atoms with Crippen LogP contribution < -0.4 is 0 Å². The Morgan fingerprint density at radius 2 is 2.18 bits per heavy atom. The van der Waals surface area contributed by atoms with Gasteiger partial charge >= 0.3 is 5.97 Å². The van der Waals surface area contributed by atoms with E-state index in [4.69, 9.17) is 21.4 Å². The molecular weight excluding hydrogens is 332 g/mol. The van der Waals surface area contributed by atoms with E-state index in [0.717, 1.165) is 11.3 Å². The number of rotatable bonds is 5. The standard InChI is InChI=1S/C10H12BrClO4S/c1-4(13)5(2)16-8(10(14)15)7-3-6(11)9(12)17-7/h3-5,8,13H,1-2H3,(H,14,15). The largest absolute Gasteiger partial charge is 0.479 e. The molecule has 7 heteroatoms. The number of ether oxygens (including phenoxy) is 1. The summed E-state index contributed by atoms with van der Waals surface area (Å²) in [4.78, 5) is 11.6. The van der Waals surface area contributed by atoms with Crippen molar-refractivity contribution in [3.63, 3.8) is 0 Å². The van der Waals surface area contributed by atoms with Gasteiger partial charge in [0.05, 0.1) is 12.2 Å². The Balaban J connectivity index is 2.90. The molecule has 0 saturated heterocycles. The van der Waals surface area contributed by atoms with E-state index in [0.29, 0.717) is 13.7 Å². The molecule has 17 heavy (non-hydrogen) atoms. The third kappa shape index (κ3) is 3.93. The highest BCUT2D eigenvalue weighted by molar-refractivity contribution is 9.10. The molecule has 1 heterocycles. The van der Waals surface area contributed by atoms with Gasteiger partial charge in [-0.3, -0.25) is 0 Å². The monoisotopic (exact) mass is 342 g/mol. The molecule has 3 unspecified atom stereocenters. The maximum Gasteiger partial charge on any atom is 0.338 e. The van der Waals surface area contributed by atoms with Crippen LogP contribution in [-0.4, -0.2) is 28.4 Å². The zero-order valence-corrected chi connectivity index (χ0v) is 12.3. The maximum absolute atomic E-state index is 11.1. The normalized spacial score (nSPS) is 16.5.